The van der Waals surface area contributed by atoms with Gasteiger partial charge in [-0.15, -0.1) is 0 Å². The third-order valence-corrected chi connectivity index (χ3v) is 3.70. The molecular formula is C17H20F2N2. The highest BCUT2D eigenvalue weighted by Gasteiger charge is 2.22. The summed E-state index contributed by atoms with van der Waals surface area (Å²) in [6.45, 7) is 4.71. The number of nitrogens with two attached hydrogens (primary N) is 1. The third-order valence-electron chi connectivity index (χ3n) is 3.70. The fourth-order valence-corrected chi connectivity index (χ4v) is 2.64. The van der Waals surface area contributed by atoms with Gasteiger partial charge < -0.3 is 10.6 Å². The van der Waals surface area contributed by atoms with Gasteiger partial charge in [0.15, 0.2) is 0 Å². The van der Waals surface area contributed by atoms with Crippen LogP contribution in [0.2, 0.25) is 0 Å². The lowest BCUT2D eigenvalue weighted by atomic mass is 9.99. The highest BCUT2D eigenvalue weighted by molar-refractivity contribution is 5.51. The quantitative estimate of drug-likeness (QED) is 0.907. The number of para-hydroxylation sites is 1. The second kappa shape index (κ2) is 6.68. The van der Waals surface area contributed by atoms with E-state index in [2.05, 4.69) is 0 Å². The molecule has 0 bridgehead atoms. The molecule has 0 saturated carbocycles. The smallest absolute Gasteiger partial charge is 0.146 e. The molecule has 2 rings (SSSR count). The first-order valence-electron chi connectivity index (χ1n) is 7.05. The summed E-state index contributed by atoms with van der Waals surface area (Å²) in [6, 6.07) is 10.9. The minimum absolute atomic E-state index is 0.261. The Hall–Kier alpha value is -1.94. The molecule has 2 N–H and O–H groups in total. The molecular weight excluding hydrogens is 270 g/mol. The average Bonchev–Trinajstić information content (AvgIpc) is 2.48. The van der Waals surface area contributed by atoms with E-state index in [0.29, 0.717) is 12.2 Å². The van der Waals surface area contributed by atoms with Crippen LogP contribution in [0.25, 0.3) is 0 Å². The molecule has 0 aliphatic carbocycles. The van der Waals surface area contributed by atoms with E-state index in [1.165, 1.54) is 18.2 Å². The number of hydrogen-bond acceptors (Lipinski definition) is 2. The van der Waals surface area contributed by atoms with Crippen LogP contribution in [0.3, 0.4) is 0 Å². The zero-order valence-electron chi connectivity index (χ0n) is 12.3. The molecule has 2 nitrogen and oxygen atoms in total. The highest BCUT2D eigenvalue weighted by Crippen LogP contribution is 2.30. The molecule has 0 heterocycles. The van der Waals surface area contributed by atoms with E-state index in [-0.39, 0.29) is 24.2 Å². The topological polar surface area (TPSA) is 29.3 Å². The summed E-state index contributed by atoms with van der Waals surface area (Å²) in [6.07, 6.45) is 0. The minimum atomic E-state index is -0.307. The van der Waals surface area contributed by atoms with Crippen molar-refractivity contribution in [3.05, 3.63) is 65.2 Å². The number of nitrogens with zero attached hydrogens (tertiary/aromatic N) is 1. The first-order chi connectivity index (χ1) is 10.1. The van der Waals surface area contributed by atoms with Crippen molar-refractivity contribution < 1.29 is 8.78 Å². The molecule has 0 radical (unpaired) electrons. The van der Waals surface area contributed by atoms with Gasteiger partial charge >= 0.3 is 0 Å². The van der Waals surface area contributed by atoms with Crippen LogP contribution in [0.15, 0.2) is 42.5 Å². The van der Waals surface area contributed by atoms with Crippen LogP contribution in [0.1, 0.15) is 24.1 Å². The van der Waals surface area contributed by atoms with Crippen LogP contribution in [0.4, 0.5) is 14.5 Å². The van der Waals surface area contributed by atoms with Gasteiger partial charge in [0.05, 0.1) is 11.7 Å². The Morgan fingerprint density at radius 3 is 2.48 bits per heavy atom. The molecule has 112 valence electrons. The standard InChI is InChI=1S/C17H20F2N2/c1-3-21(16-7-5-4-6-15(16)19)17(11-20)14-10-13(18)9-8-12(14)2/h4-10,17H,3,11,20H2,1-2H3. The molecule has 4 heteroatoms. The Morgan fingerprint density at radius 1 is 1.14 bits per heavy atom. The SMILES string of the molecule is CCN(c1ccccc1F)C(CN)c1cc(F)ccc1C. The summed E-state index contributed by atoms with van der Waals surface area (Å²) in [5.74, 6) is -0.606. The molecule has 1 atom stereocenters. The molecule has 2 aromatic carbocycles. The highest BCUT2D eigenvalue weighted by atomic mass is 19.1. The molecule has 0 spiro atoms. The van der Waals surface area contributed by atoms with Gasteiger partial charge in [-0.25, -0.2) is 8.78 Å². The number of likely N-dealkylation sites (N-methyl/N-ethyl adjacent to an activating group) is 1. The first kappa shape index (κ1) is 15.4. The summed E-state index contributed by atoms with van der Waals surface area (Å²) in [4.78, 5) is 1.87. The van der Waals surface area contributed by atoms with E-state index in [4.69, 9.17) is 5.73 Å². The van der Waals surface area contributed by atoms with Gasteiger partial charge in [0.1, 0.15) is 11.6 Å². The second-order valence-electron chi connectivity index (χ2n) is 4.99. The van der Waals surface area contributed by atoms with Crippen LogP contribution in [-0.2, 0) is 0 Å². The Balaban J connectivity index is 2.48. The van der Waals surface area contributed by atoms with E-state index < -0.39 is 0 Å². The number of anilines is 1. The van der Waals surface area contributed by atoms with Crippen LogP contribution in [0.5, 0.6) is 0 Å². The molecule has 0 saturated heterocycles. The van der Waals surface area contributed by atoms with Gasteiger partial charge in [0, 0.05) is 13.1 Å². The Morgan fingerprint density at radius 2 is 1.86 bits per heavy atom. The van der Waals surface area contributed by atoms with Crippen molar-refractivity contribution in [2.75, 3.05) is 18.0 Å². The number of halogens is 2. The van der Waals surface area contributed by atoms with Crippen molar-refractivity contribution in [1.29, 1.82) is 0 Å². The molecule has 0 aliphatic heterocycles. The lowest BCUT2D eigenvalue weighted by Crippen LogP contribution is -2.34. The van der Waals surface area contributed by atoms with E-state index in [0.717, 1.165) is 11.1 Å². The molecule has 0 amide bonds. The van der Waals surface area contributed by atoms with Crippen LogP contribution in [-0.4, -0.2) is 13.1 Å². The molecule has 1 unspecified atom stereocenters. The minimum Gasteiger partial charge on any atom is -0.361 e. The normalized spacial score (nSPS) is 12.2. The number of rotatable bonds is 5. The van der Waals surface area contributed by atoms with Gasteiger partial charge in [-0.05, 0) is 49.2 Å². The van der Waals surface area contributed by atoms with Gasteiger partial charge in [-0.3, -0.25) is 0 Å². The maximum absolute atomic E-state index is 14.1. The third kappa shape index (κ3) is 3.22. The molecule has 2 aromatic rings. The number of benzene rings is 2. The second-order valence-corrected chi connectivity index (χ2v) is 4.99. The van der Waals surface area contributed by atoms with E-state index in [1.54, 1.807) is 24.3 Å². The monoisotopic (exact) mass is 290 g/mol. The number of aryl methyl sites for hydroxylation is 1. The molecule has 0 aromatic heterocycles. The molecule has 21 heavy (non-hydrogen) atoms. The Bertz CT molecular complexity index is 613. The number of hydrogen-bond donors (Lipinski definition) is 1. The van der Waals surface area contributed by atoms with Gasteiger partial charge in [-0.1, -0.05) is 18.2 Å². The van der Waals surface area contributed by atoms with Crippen molar-refractivity contribution >= 4 is 5.69 Å². The maximum atomic E-state index is 14.1. The largest absolute Gasteiger partial charge is 0.361 e. The van der Waals surface area contributed by atoms with E-state index in [9.17, 15) is 8.78 Å². The summed E-state index contributed by atoms with van der Waals surface area (Å²) >= 11 is 0. The fraction of sp³-hybridized carbons (Fsp3) is 0.294. The van der Waals surface area contributed by atoms with Crippen molar-refractivity contribution in [2.45, 2.75) is 19.9 Å². The zero-order valence-corrected chi connectivity index (χ0v) is 12.3. The Labute approximate surface area is 124 Å². The lowest BCUT2D eigenvalue weighted by Gasteiger charge is -2.33. The predicted molar refractivity (Wildman–Crippen MR) is 82.4 cm³/mol. The first-order valence-corrected chi connectivity index (χ1v) is 7.05. The fourth-order valence-electron chi connectivity index (χ4n) is 2.64. The van der Waals surface area contributed by atoms with Crippen molar-refractivity contribution in [3.8, 4) is 0 Å². The Kier molecular flexibility index (Phi) is 4.91. The summed E-state index contributed by atoms with van der Waals surface area (Å²) in [5, 5.41) is 0. The summed E-state index contributed by atoms with van der Waals surface area (Å²) in [5.41, 5.74) is 8.13. The van der Waals surface area contributed by atoms with E-state index in [1.807, 2.05) is 18.7 Å². The van der Waals surface area contributed by atoms with Gasteiger partial charge in [0.25, 0.3) is 0 Å². The molecule has 0 fully saturated rings. The lowest BCUT2D eigenvalue weighted by molar-refractivity contribution is 0.580. The zero-order chi connectivity index (χ0) is 15.4. The summed E-state index contributed by atoms with van der Waals surface area (Å²) < 4.78 is 27.6. The van der Waals surface area contributed by atoms with Gasteiger partial charge in [-0.2, -0.15) is 0 Å². The average molecular weight is 290 g/mol. The van der Waals surface area contributed by atoms with E-state index >= 15 is 0 Å². The van der Waals surface area contributed by atoms with Crippen molar-refractivity contribution in [2.24, 2.45) is 5.73 Å². The van der Waals surface area contributed by atoms with Crippen molar-refractivity contribution in [3.63, 3.8) is 0 Å². The predicted octanol–water partition coefficient (Wildman–Crippen LogP) is 3.80. The van der Waals surface area contributed by atoms with Crippen LogP contribution in [0, 0.1) is 18.6 Å². The van der Waals surface area contributed by atoms with Crippen molar-refractivity contribution in [1.82, 2.24) is 0 Å². The summed E-state index contributed by atoms with van der Waals surface area (Å²) in [7, 11) is 0. The van der Waals surface area contributed by atoms with Crippen LogP contribution < -0.4 is 10.6 Å². The molecule has 0 aliphatic rings. The van der Waals surface area contributed by atoms with Gasteiger partial charge in [0.2, 0.25) is 0 Å². The van der Waals surface area contributed by atoms with Crippen LogP contribution >= 0.6 is 0 Å². The maximum Gasteiger partial charge on any atom is 0.146 e.